The second-order valence-electron chi connectivity index (χ2n) is 14.3. The smallest absolute Gasteiger partial charge is 0.242 e. The van der Waals surface area contributed by atoms with E-state index in [1.807, 2.05) is 0 Å². The van der Waals surface area contributed by atoms with E-state index >= 15 is 0 Å². The maximum absolute atomic E-state index is 11.7. The molecule has 7 atom stereocenters. The lowest BCUT2D eigenvalue weighted by Crippen LogP contribution is -2.52. The van der Waals surface area contributed by atoms with Gasteiger partial charge in [0.1, 0.15) is 5.75 Å². The standard InChI is InChI=1S/C27H48O4Si3/c1-27-17-23(28)26-19-12-11-18(29-32(2,3)4)15-20(19)24(30-33(5,6)7)16-21(26)22(27)13-14-25(27)31-34(8,9)10/h11-12,15,21-26,28H,13-14,16-17H2,1-10H3. The van der Waals surface area contributed by atoms with Crippen LogP contribution in [0.25, 0.3) is 0 Å². The Morgan fingerprint density at radius 1 is 0.853 bits per heavy atom. The average molecular weight is 521 g/mol. The first-order valence-electron chi connectivity index (χ1n) is 13.3. The fourth-order valence-electron chi connectivity index (χ4n) is 7.16. The molecular weight excluding hydrogens is 473 g/mol. The molecule has 2 fully saturated rings. The van der Waals surface area contributed by atoms with Crippen LogP contribution >= 0.6 is 0 Å². The quantitative estimate of drug-likeness (QED) is 0.400. The summed E-state index contributed by atoms with van der Waals surface area (Å²) in [6.45, 7) is 22.8. The van der Waals surface area contributed by atoms with E-state index in [9.17, 15) is 5.11 Å². The number of rotatable bonds is 6. The summed E-state index contributed by atoms with van der Waals surface area (Å²) in [5.41, 5.74) is 2.60. The highest BCUT2D eigenvalue weighted by atomic mass is 28.4. The number of hydrogen-bond acceptors (Lipinski definition) is 4. The Hall–Kier alpha value is -0.449. The van der Waals surface area contributed by atoms with Gasteiger partial charge in [-0.15, -0.1) is 0 Å². The summed E-state index contributed by atoms with van der Waals surface area (Å²) >= 11 is 0. The lowest BCUT2D eigenvalue weighted by atomic mass is 9.54. The third-order valence-corrected chi connectivity index (χ3v) is 10.9. The highest BCUT2D eigenvalue weighted by molar-refractivity contribution is 6.70. The van der Waals surface area contributed by atoms with Gasteiger partial charge < -0.3 is 18.4 Å². The van der Waals surface area contributed by atoms with Crippen molar-refractivity contribution in [1.82, 2.24) is 0 Å². The van der Waals surface area contributed by atoms with Gasteiger partial charge in [-0.25, -0.2) is 0 Å². The van der Waals surface area contributed by atoms with Crippen LogP contribution in [-0.4, -0.2) is 42.3 Å². The first kappa shape index (κ1) is 26.6. The molecule has 3 aliphatic rings. The van der Waals surface area contributed by atoms with Crippen LogP contribution in [-0.2, 0) is 8.85 Å². The molecular formula is C27H48O4Si3. The summed E-state index contributed by atoms with van der Waals surface area (Å²) in [6, 6.07) is 6.62. The molecule has 0 aromatic heterocycles. The first-order valence-corrected chi connectivity index (χ1v) is 23.6. The molecule has 3 aliphatic carbocycles. The van der Waals surface area contributed by atoms with Crippen molar-refractivity contribution in [3.63, 3.8) is 0 Å². The Morgan fingerprint density at radius 3 is 2.09 bits per heavy atom. The van der Waals surface area contributed by atoms with E-state index in [0.29, 0.717) is 11.8 Å². The van der Waals surface area contributed by atoms with E-state index in [4.69, 9.17) is 13.3 Å². The predicted octanol–water partition coefficient (Wildman–Crippen LogP) is 7.30. The van der Waals surface area contributed by atoms with Crippen LogP contribution < -0.4 is 4.43 Å². The van der Waals surface area contributed by atoms with Gasteiger partial charge in [0.2, 0.25) is 8.32 Å². The van der Waals surface area contributed by atoms with Crippen LogP contribution in [0.15, 0.2) is 18.2 Å². The molecule has 0 heterocycles. The minimum atomic E-state index is -1.76. The van der Waals surface area contributed by atoms with Gasteiger partial charge >= 0.3 is 0 Å². The van der Waals surface area contributed by atoms with Crippen LogP contribution in [0.5, 0.6) is 5.75 Å². The molecule has 0 spiro atoms. The van der Waals surface area contributed by atoms with Crippen LogP contribution in [0.4, 0.5) is 0 Å². The van der Waals surface area contributed by atoms with E-state index in [-0.39, 0.29) is 29.6 Å². The molecule has 0 saturated heterocycles. The van der Waals surface area contributed by atoms with Crippen LogP contribution in [0.2, 0.25) is 58.9 Å². The Morgan fingerprint density at radius 2 is 1.50 bits per heavy atom. The normalized spacial score (nSPS) is 36.0. The van der Waals surface area contributed by atoms with Crippen LogP contribution in [0, 0.1) is 17.3 Å². The Kier molecular flexibility index (Phi) is 6.92. The number of aliphatic hydroxyl groups is 1. The largest absolute Gasteiger partial charge is 0.544 e. The molecule has 0 bridgehead atoms. The molecule has 0 aliphatic heterocycles. The van der Waals surface area contributed by atoms with Gasteiger partial charge in [-0.3, -0.25) is 0 Å². The molecule has 1 aromatic rings. The van der Waals surface area contributed by atoms with E-state index in [2.05, 4.69) is 84.0 Å². The average Bonchev–Trinajstić information content (AvgIpc) is 2.93. The van der Waals surface area contributed by atoms with Crippen molar-refractivity contribution in [2.45, 2.75) is 116 Å². The third kappa shape index (κ3) is 5.44. The lowest BCUT2D eigenvalue weighted by molar-refractivity contribution is -0.0850. The zero-order valence-electron chi connectivity index (χ0n) is 23.2. The second-order valence-corrected chi connectivity index (χ2v) is 27.7. The summed E-state index contributed by atoms with van der Waals surface area (Å²) in [7, 11) is -5.12. The van der Waals surface area contributed by atoms with E-state index < -0.39 is 25.0 Å². The van der Waals surface area contributed by atoms with Crippen molar-refractivity contribution in [2.75, 3.05) is 0 Å². The molecule has 1 N–H and O–H groups in total. The molecule has 0 radical (unpaired) electrons. The Balaban J connectivity index is 1.73. The van der Waals surface area contributed by atoms with Gasteiger partial charge in [0.05, 0.1) is 18.3 Å². The molecule has 7 heteroatoms. The second kappa shape index (κ2) is 8.84. The molecule has 34 heavy (non-hydrogen) atoms. The monoisotopic (exact) mass is 520 g/mol. The minimum Gasteiger partial charge on any atom is -0.544 e. The molecule has 0 amide bonds. The number of aliphatic hydroxyl groups excluding tert-OH is 1. The number of benzene rings is 1. The highest BCUT2D eigenvalue weighted by Crippen LogP contribution is 2.63. The third-order valence-electron chi connectivity index (χ3n) is 8.03. The molecule has 1 aromatic carbocycles. The fraction of sp³-hybridized carbons (Fsp3) is 0.778. The number of fused-ring (bicyclic) bond motifs is 5. The number of hydrogen-bond donors (Lipinski definition) is 1. The summed E-state index contributed by atoms with van der Waals surface area (Å²) in [6.07, 6.45) is 4.16. The fourth-order valence-corrected chi connectivity index (χ4v) is 10.3. The maximum Gasteiger partial charge on any atom is 0.242 e. The molecule has 4 rings (SSSR count). The van der Waals surface area contributed by atoms with Gasteiger partial charge in [-0.1, -0.05) is 13.0 Å². The Labute approximate surface area is 211 Å². The summed E-state index contributed by atoms with van der Waals surface area (Å²) < 4.78 is 20.0. The predicted molar refractivity (Wildman–Crippen MR) is 148 cm³/mol. The Bertz CT molecular complexity index is 901. The summed E-state index contributed by atoms with van der Waals surface area (Å²) in [5.74, 6) is 2.14. The SMILES string of the molecule is CC12CC(O)C3c4ccc(O[Si](C)(C)C)cc4C(O[Si](C)(C)C)CC3C1CCC2O[Si](C)(C)C. The van der Waals surface area contributed by atoms with Crippen LogP contribution in [0.3, 0.4) is 0 Å². The van der Waals surface area contributed by atoms with Crippen molar-refractivity contribution in [1.29, 1.82) is 0 Å². The van der Waals surface area contributed by atoms with E-state index in [1.165, 1.54) is 17.5 Å². The molecule has 2 saturated carbocycles. The summed E-state index contributed by atoms with van der Waals surface area (Å²) in [4.78, 5) is 0. The van der Waals surface area contributed by atoms with Crippen molar-refractivity contribution >= 4 is 25.0 Å². The van der Waals surface area contributed by atoms with Gasteiger partial charge in [0, 0.05) is 5.92 Å². The molecule has 7 unspecified atom stereocenters. The van der Waals surface area contributed by atoms with Crippen molar-refractivity contribution in [2.24, 2.45) is 17.3 Å². The zero-order chi connectivity index (χ0) is 25.3. The zero-order valence-corrected chi connectivity index (χ0v) is 26.2. The van der Waals surface area contributed by atoms with Gasteiger partial charge in [0.25, 0.3) is 0 Å². The molecule has 4 nitrogen and oxygen atoms in total. The van der Waals surface area contributed by atoms with Gasteiger partial charge in [-0.05, 0) is 125 Å². The topological polar surface area (TPSA) is 47.9 Å². The van der Waals surface area contributed by atoms with Crippen molar-refractivity contribution in [3.05, 3.63) is 29.3 Å². The van der Waals surface area contributed by atoms with Gasteiger partial charge in [0.15, 0.2) is 16.6 Å². The van der Waals surface area contributed by atoms with Crippen molar-refractivity contribution < 1.29 is 18.4 Å². The maximum atomic E-state index is 11.7. The summed E-state index contributed by atoms with van der Waals surface area (Å²) in [5, 5.41) is 11.7. The highest BCUT2D eigenvalue weighted by Gasteiger charge is 2.59. The van der Waals surface area contributed by atoms with Gasteiger partial charge in [-0.2, -0.15) is 0 Å². The molecule has 192 valence electrons. The first-order chi connectivity index (χ1) is 15.5. The van der Waals surface area contributed by atoms with E-state index in [0.717, 1.165) is 25.0 Å². The minimum absolute atomic E-state index is 0.0446. The van der Waals surface area contributed by atoms with Crippen LogP contribution in [0.1, 0.15) is 55.8 Å². The lowest BCUT2D eigenvalue weighted by Gasteiger charge is -2.54. The van der Waals surface area contributed by atoms with E-state index in [1.54, 1.807) is 0 Å². The van der Waals surface area contributed by atoms with Crippen molar-refractivity contribution in [3.8, 4) is 5.75 Å².